The van der Waals surface area contributed by atoms with Crippen molar-refractivity contribution < 1.29 is 0 Å². The Kier molecular flexibility index (Phi) is 13.2. The normalized spacial score (nSPS) is 13.0. The first-order chi connectivity index (χ1) is 49.9. The molecule has 2 aliphatic carbocycles. The molecule has 8 heteroatoms. The van der Waals surface area contributed by atoms with Gasteiger partial charge in [0.05, 0.1) is 89.2 Å². The van der Waals surface area contributed by atoms with Gasteiger partial charge in [0.15, 0.2) is 11.5 Å². The number of fused-ring (bicyclic) bond motifs is 11. The fourth-order valence-corrected chi connectivity index (χ4v) is 16.7. The number of aromatic nitrogens is 8. The number of rotatable bonds is 7. The molecule has 8 aromatic heterocycles. The summed E-state index contributed by atoms with van der Waals surface area (Å²) in [6.45, 7) is 15.6. The summed E-state index contributed by atoms with van der Waals surface area (Å²) >= 11 is 0. The average Bonchev–Trinajstić information content (AvgIpc) is 1.45. The molecule has 0 unspecified atom stereocenters. The van der Waals surface area contributed by atoms with Crippen LogP contribution in [0.2, 0.25) is 0 Å². The van der Waals surface area contributed by atoms with Gasteiger partial charge in [0.1, 0.15) is 5.69 Å². The summed E-state index contributed by atoms with van der Waals surface area (Å²) in [6, 6.07) is 87.4. The van der Waals surface area contributed by atoms with Gasteiger partial charge < -0.3 is 13.5 Å². The maximum absolute atomic E-state index is 6.22. The molecule has 0 aliphatic heterocycles. The Morgan fingerprint density at radius 3 is 1.40 bits per heavy atom. The van der Waals surface area contributed by atoms with Crippen LogP contribution in [-0.2, 0) is 6.42 Å². The summed E-state index contributed by atoms with van der Waals surface area (Å²) in [6.07, 6.45) is 7.08. The van der Waals surface area contributed by atoms with E-state index in [4.69, 9.17) is 19.9 Å². The van der Waals surface area contributed by atoms with E-state index < -0.39 is 0 Å². The minimum atomic E-state index is 0.519. The smallest absolute Gasteiger partial charge is 0.164 e. The second kappa shape index (κ2) is 22.7. The molecule has 0 fully saturated rings. The Labute approximate surface area is 590 Å². The van der Waals surface area contributed by atoms with Crippen molar-refractivity contribution in [2.45, 2.75) is 67.7 Å². The molecule has 484 valence electrons. The van der Waals surface area contributed by atoms with Gasteiger partial charge in [0, 0.05) is 77.6 Å². The Hall–Kier alpha value is -12.7. The highest BCUT2D eigenvalue weighted by Crippen LogP contribution is 2.53. The van der Waals surface area contributed by atoms with Gasteiger partial charge in [-0.15, -0.1) is 0 Å². The monoisotopic (exact) mass is 1310 g/mol. The third kappa shape index (κ3) is 9.17. The van der Waals surface area contributed by atoms with Gasteiger partial charge in [-0.25, -0.2) is 19.9 Å². The highest BCUT2D eigenvalue weighted by atomic mass is 15.1. The third-order valence-corrected chi connectivity index (χ3v) is 21.4. The van der Waals surface area contributed by atoms with E-state index in [1.807, 2.05) is 0 Å². The Morgan fingerprint density at radius 1 is 0.353 bits per heavy atom. The van der Waals surface area contributed by atoms with Gasteiger partial charge >= 0.3 is 0 Å². The van der Waals surface area contributed by atoms with Crippen LogP contribution in [0.4, 0.5) is 0 Å². The summed E-state index contributed by atoms with van der Waals surface area (Å²) in [5.74, 6) is 8.28. The lowest BCUT2D eigenvalue weighted by atomic mass is 9.96. The number of nitrogens with zero attached hydrogens (tertiary/aromatic N) is 8. The van der Waals surface area contributed by atoms with Crippen molar-refractivity contribution in [1.82, 2.24) is 38.0 Å². The number of allylic oxidation sites excluding steroid dienone is 2. The van der Waals surface area contributed by atoms with E-state index in [-0.39, 0.29) is 0 Å². The summed E-state index contributed by atoms with van der Waals surface area (Å²) in [7, 11) is 0. The zero-order chi connectivity index (χ0) is 68.3. The van der Waals surface area contributed by atoms with Crippen molar-refractivity contribution in [2.24, 2.45) is 0 Å². The Morgan fingerprint density at radius 2 is 0.833 bits per heavy atom. The molecule has 21 rings (SSSR count). The van der Waals surface area contributed by atoms with Crippen molar-refractivity contribution in [3.05, 3.63) is 298 Å². The van der Waals surface area contributed by atoms with E-state index in [2.05, 4.69) is 327 Å². The van der Waals surface area contributed by atoms with Crippen LogP contribution in [0.5, 0.6) is 0 Å². The molecule has 0 radical (unpaired) electrons. The maximum atomic E-state index is 6.22. The summed E-state index contributed by atoms with van der Waals surface area (Å²) in [5, 5.41) is 10.8. The predicted molar refractivity (Wildman–Crippen MR) is 425 cm³/mol. The third-order valence-electron chi connectivity index (χ3n) is 21.4. The number of hydrogen-bond acceptors (Lipinski definition) is 4. The lowest BCUT2D eigenvalue weighted by Gasteiger charge is -2.27. The maximum Gasteiger partial charge on any atom is 0.164 e. The van der Waals surface area contributed by atoms with Crippen molar-refractivity contribution in [1.29, 1.82) is 0 Å². The Bertz CT molecular complexity index is 6720. The molecule has 19 aromatic rings. The van der Waals surface area contributed by atoms with Gasteiger partial charge in [-0.3, -0.25) is 4.57 Å². The predicted octanol–water partition coefficient (Wildman–Crippen LogP) is 23.6. The van der Waals surface area contributed by atoms with Gasteiger partial charge in [-0.2, -0.15) is 0 Å². The number of aryl methyl sites for hydroxylation is 6. The minimum Gasteiger partial charge on any atom is -0.310 e. The van der Waals surface area contributed by atoms with Crippen molar-refractivity contribution >= 4 is 116 Å². The lowest BCUT2D eigenvalue weighted by Crippen LogP contribution is -2.15. The lowest BCUT2D eigenvalue weighted by molar-refractivity contribution is 0.880. The first-order valence-corrected chi connectivity index (χ1v) is 35.4. The van der Waals surface area contributed by atoms with Crippen molar-refractivity contribution in [2.75, 3.05) is 0 Å². The molecule has 0 spiro atoms. The molecule has 0 amide bonds. The zero-order valence-corrected chi connectivity index (χ0v) is 57.9. The molecule has 0 saturated carbocycles. The van der Waals surface area contributed by atoms with Gasteiger partial charge in [0.2, 0.25) is 0 Å². The molecule has 8 nitrogen and oxygen atoms in total. The molecule has 8 heterocycles. The molecular weight excluding hydrogens is 1240 g/mol. The highest BCUT2D eigenvalue weighted by molar-refractivity contribution is 6.20. The number of hydrogen-bond donors (Lipinski definition) is 0. The largest absolute Gasteiger partial charge is 0.310 e. The van der Waals surface area contributed by atoms with Crippen LogP contribution in [0.1, 0.15) is 77.0 Å². The molecular formula is C94H68N8. The van der Waals surface area contributed by atoms with E-state index in [0.717, 1.165) is 195 Å². The summed E-state index contributed by atoms with van der Waals surface area (Å²) < 4.78 is 10.3. The average molecular weight is 1310 g/mol. The van der Waals surface area contributed by atoms with Gasteiger partial charge in [0.25, 0.3) is 0 Å². The van der Waals surface area contributed by atoms with Crippen LogP contribution in [0.25, 0.3) is 178 Å². The molecule has 0 N–H and O–H groups in total. The molecule has 8 bridgehead atoms. The minimum absolute atomic E-state index is 0.519. The first kappa shape index (κ1) is 59.4. The molecule has 0 saturated heterocycles. The van der Waals surface area contributed by atoms with E-state index in [0.29, 0.717) is 17.9 Å². The fraction of sp³-hybridized carbons (Fsp3) is 0.106. The van der Waals surface area contributed by atoms with Crippen LogP contribution >= 0.6 is 0 Å². The topological polar surface area (TPSA) is 70.8 Å². The second-order valence-electron chi connectivity index (χ2n) is 28.5. The fourth-order valence-electron chi connectivity index (χ4n) is 16.7. The highest BCUT2D eigenvalue weighted by Gasteiger charge is 2.36. The molecule has 0 atom stereocenters. The van der Waals surface area contributed by atoms with Crippen LogP contribution in [0.15, 0.2) is 248 Å². The summed E-state index contributed by atoms with van der Waals surface area (Å²) in [5.41, 5.74) is 29.7. The quantitative estimate of drug-likeness (QED) is 0.149. The van der Waals surface area contributed by atoms with Crippen LogP contribution in [-0.4, -0.2) is 38.0 Å². The van der Waals surface area contributed by atoms with Crippen LogP contribution in [0, 0.1) is 46.5 Å². The van der Waals surface area contributed by atoms with Crippen molar-refractivity contribution in [3.63, 3.8) is 0 Å². The van der Waals surface area contributed by atoms with Gasteiger partial charge in [-0.1, -0.05) is 203 Å². The van der Waals surface area contributed by atoms with Gasteiger partial charge in [-0.05, 0) is 169 Å². The zero-order valence-electron chi connectivity index (χ0n) is 57.9. The molecule has 102 heavy (non-hydrogen) atoms. The first-order valence-electron chi connectivity index (χ1n) is 35.4. The van der Waals surface area contributed by atoms with E-state index in [9.17, 15) is 0 Å². The summed E-state index contributed by atoms with van der Waals surface area (Å²) in [4.78, 5) is 24.8. The standard InChI is InChI=1S/C94H68N8/c1-54-19-17-28-79-67(43-54)68-44-59(6)34-41-85(68)102(79)92-90(100-82-38-31-57(4)47-71(82)72-48-58(5)32-39-83(72)100)87(93-95-75(61-20-11-8-12-21-61)52-76(96-93)62-22-13-9-14-23-62)89(99-80-36-29-55(2)45-69(80)70-46-56(3)30-37-81(70)99)88-91(92)101-84-40-33-60(7)49-73(84)74-51-65(35-42-86(74)101)64-26-18-27-66(50-64)78-53-77(97-94(88)98-78)63-24-15-10-16-25-63/h8-16,18,20-27,29-32,34-39,41-53H,19,33,40H2,1-7H3. The van der Waals surface area contributed by atoms with Crippen LogP contribution < -0.4 is 0 Å². The van der Waals surface area contributed by atoms with Crippen LogP contribution in [0.3, 0.4) is 0 Å². The SMILES string of the molecule is CC1=Cc2c(n(-c3c(-n4c5ccc(C)cc5c5cc(C)ccc54)c(-c4nc(-c5ccccc5)cc(-c5ccccc5)n4)c(-n4c5ccc(C)cc5c5cc(C)ccc54)c4c5nc(-c6ccccc6)cc(n5)c5cccc(c5)c5ccc6c(c5)c5c(n6c34)CCC(C)=C5)c3ccc(C)cc23)C#CC1. The Balaban J connectivity index is 1.22. The van der Waals surface area contributed by atoms with E-state index >= 15 is 0 Å². The second-order valence-corrected chi connectivity index (χ2v) is 28.5. The van der Waals surface area contributed by atoms with E-state index in [1.54, 1.807) is 0 Å². The molecule has 2 aliphatic rings. The van der Waals surface area contributed by atoms with E-state index in [1.165, 1.54) is 33.5 Å². The number of benzene rings is 11. The van der Waals surface area contributed by atoms with Crippen molar-refractivity contribution in [3.8, 4) is 74.1 Å². The molecule has 11 aromatic carbocycles.